The maximum Gasteiger partial charge on any atom is 0.267 e. The Morgan fingerprint density at radius 1 is 1.17 bits per heavy atom. The first kappa shape index (κ1) is 26.3. The summed E-state index contributed by atoms with van der Waals surface area (Å²) in [6.45, 7) is 14.5. The van der Waals surface area contributed by atoms with E-state index in [1.165, 1.54) is 22.2 Å². The first-order valence-electron chi connectivity index (χ1n) is 12.1. The second-order valence-electron chi connectivity index (χ2n) is 11.5. The van der Waals surface area contributed by atoms with Crippen LogP contribution in [0.4, 0.5) is 32.1 Å². The summed E-state index contributed by atoms with van der Waals surface area (Å²) in [7, 11) is -0.294. The number of hydrogen-bond donors (Lipinski definition) is 1. The molecule has 1 N–H and O–H groups in total. The average Bonchev–Trinajstić information content (AvgIpc) is 3.25. The average molecular weight is 520 g/mol. The summed E-state index contributed by atoms with van der Waals surface area (Å²) in [5, 5.41) is 3.14. The molecular weight excluding hydrogens is 484 g/mol. The van der Waals surface area contributed by atoms with Crippen molar-refractivity contribution in [1.82, 2.24) is 19.9 Å². The zero-order valence-electron chi connectivity index (χ0n) is 22.2. The molecule has 1 amide bonds. The van der Waals surface area contributed by atoms with E-state index in [0.717, 1.165) is 0 Å². The van der Waals surface area contributed by atoms with Gasteiger partial charge in [0, 0.05) is 20.0 Å². The highest BCUT2D eigenvalue weighted by Crippen LogP contribution is 2.47. The quantitative estimate of drug-likeness (QED) is 0.552. The van der Waals surface area contributed by atoms with E-state index in [0.29, 0.717) is 28.7 Å². The molecule has 1 saturated heterocycles. The normalized spacial score (nSPS) is 19.1. The van der Waals surface area contributed by atoms with E-state index in [-0.39, 0.29) is 36.5 Å². The van der Waals surface area contributed by atoms with Crippen molar-refractivity contribution >= 4 is 37.5 Å². The van der Waals surface area contributed by atoms with Crippen LogP contribution in [0.25, 0.3) is 0 Å². The number of nitrogens with zero attached hydrogens (tertiary/aromatic N) is 6. The molecule has 196 valence electrons. The molecule has 2 aliphatic heterocycles. The number of carbonyl (C=O) groups is 1. The van der Waals surface area contributed by atoms with Crippen LogP contribution in [-0.2, 0) is 21.2 Å². The lowest BCUT2D eigenvalue weighted by molar-refractivity contribution is -0.121. The molecule has 0 bridgehead atoms. The highest BCUT2D eigenvalue weighted by molar-refractivity contribution is 6.74. The lowest BCUT2D eigenvalue weighted by Gasteiger charge is -2.35. The van der Waals surface area contributed by atoms with Gasteiger partial charge in [-0.3, -0.25) is 9.69 Å². The third-order valence-corrected chi connectivity index (χ3v) is 11.9. The molecule has 1 fully saturated rings. The molecule has 0 radical (unpaired) electrons. The van der Waals surface area contributed by atoms with Crippen LogP contribution in [0.2, 0.25) is 18.1 Å². The summed E-state index contributed by atoms with van der Waals surface area (Å²) < 4.78 is 33.6. The fourth-order valence-electron chi connectivity index (χ4n) is 4.16. The van der Waals surface area contributed by atoms with Gasteiger partial charge in [-0.15, -0.1) is 0 Å². The number of hydrogen-bond acceptors (Lipinski definition) is 8. The largest absolute Gasteiger partial charge is 0.409 e. The van der Waals surface area contributed by atoms with Crippen LogP contribution < -0.4 is 15.1 Å². The van der Waals surface area contributed by atoms with Crippen molar-refractivity contribution in [2.75, 3.05) is 35.3 Å². The number of amides is 1. The fourth-order valence-corrected chi connectivity index (χ4v) is 5.08. The van der Waals surface area contributed by atoms with Crippen molar-refractivity contribution < 1.29 is 18.0 Å². The number of alkyl halides is 2. The fraction of sp³-hybridized carbons (Fsp3) is 0.625. The van der Waals surface area contributed by atoms with Gasteiger partial charge in [-0.05, 0) is 32.0 Å². The number of fused-ring (bicyclic) bond motifs is 1. The summed E-state index contributed by atoms with van der Waals surface area (Å²) in [6, 6.07) is 0. The van der Waals surface area contributed by atoms with Crippen LogP contribution in [0.15, 0.2) is 12.4 Å². The van der Waals surface area contributed by atoms with Crippen molar-refractivity contribution in [2.24, 2.45) is 0 Å². The van der Waals surface area contributed by atoms with E-state index in [1.54, 1.807) is 7.05 Å². The molecule has 0 aliphatic carbocycles. The first-order valence-corrected chi connectivity index (χ1v) is 15.0. The second kappa shape index (κ2) is 8.68. The number of aromatic nitrogens is 4. The molecule has 0 saturated carbocycles. The van der Waals surface area contributed by atoms with Crippen LogP contribution in [0, 0.1) is 0 Å². The first-order chi connectivity index (χ1) is 16.6. The Bertz CT molecular complexity index is 1170. The van der Waals surface area contributed by atoms with Gasteiger partial charge in [0.25, 0.3) is 5.92 Å². The molecule has 4 rings (SSSR count). The molecule has 2 aromatic heterocycles. The van der Waals surface area contributed by atoms with Gasteiger partial charge in [0.15, 0.2) is 14.1 Å². The molecule has 12 heteroatoms. The number of carbonyl (C=O) groups excluding carboxylic acids is 1. The van der Waals surface area contributed by atoms with E-state index in [2.05, 4.69) is 54.1 Å². The Labute approximate surface area is 211 Å². The summed E-state index contributed by atoms with van der Waals surface area (Å²) in [5.41, 5.74) is 0.190. The molecule has 0 aromatic carbocycles. The van der Waals surface area contributed by atoms with Crippen LogP contribution in [0.3, 0.4) is 0 Å². The molecule has 2 aliphatic rings. The van der Waals surface area contributed by atoms with Gasteiger partial charge in [0.1, 0.15) is 11.6 Å². The summed E-state index contributed by atoms with van der Waals surface area (Å²) in [6.07, 6.45) is 2.73. The third kappa shape index (κ3) is 4.56. The van der Waals surface area contributed by atoms with Crippen molar-refractivity contribution in [1.29, 1.82) is 0 Å². The van der Waals surface area contributed by atoms with Crippen molar-refractivity contribution in [3.05, 3.63) is 23.8 Å². The molecule has 4 heterocycles. The van der Waals surface area contributed by atoms with Crippen LogP contribution in [-0.4, -0.2) is 60.2 Å². The van der Waals surface area contributed by atoms with Crippen molar-refractivity contribution in [2.45, 2.75) is 77.1 Å². The van der Waals surface area contributed by atoms with Gasteiger partial charge in [0.05, 0.1) is 42.2 Å². The lowest BCUT2D eigenvalue weighted by Crippen LogP contribution is -2.40. The van der Waals surface area contributed by atoms with Crippen LogP contribution in [0.5, 0.6) is 0 Å². The van der Waals surface area contributed by atoms with E-state index in [1.807, 2.05) is 13.8 Å². The zero-order valence-corrected chi connectivity index (χ0v) is 23.2. The Kier molecular flexibility index (Phi) is 6.35. The standard InChI is InChI=1S/C24H35F2N7O2Si/c1-22(2,3)36(7,8)35-13-16-30-18(27-6)17-19(31-16)33(20(34)23(17,4)5)15-11-28-21(29-12-15)32-10-9-24(25,26)14-32/h11-12H,9-10,13-14H2,1-8H3,(H,27,30,31). The smallest absolute Gasteiger partial charge is 0.267 e. The summed E-state index contributed by atoms with van der Waals surface area (Å²) in [5.74, 6) is -1.26. The summed E-state index contributed by atoms with van der Waals surface area (Å²) >= 11 is 0. The maximum atomic E-state index is 13.6. The van der Waals surface area contributed by atoms with Crippen LogP contribution in [0.1, 0.15) is 52.4 Å². The predicted octanol–water partition coefficient (Wildman–Crippen LogP) is 4.63. The second-order valence-corrected chi connectivity index (χ2v) is 16.3. The molecule has 36 heavy (non-hydrogen) atoms. The van der Waals surface area contributed by atoms with Gasteiger partial charge in [-0.2, -0.15) is 0 Å². The number of nitrogens with one attached hydrogen (secondary N) is 1. The molecular formula is C24H35F2N7O2Si. The number of halogens is 2. The van der Waals surface area contributed by atoms with Crippen molar-refractivity contribution in [3.8, 4) is 0 Å². The maximum absolute atomic E-state index is 13.6. The van der Waals surface area contributed by atoms with Crippen molar-refractivity contribution in [3.63, 3.8) is 0 Å². The zero-order chi connectivity index (χ0) is 26.7. The Hall–Kier alpha value is -2.73. The molecule has 2 aromatic rings. The van der Waals surface area contributed by atoms with Gasteiger partial charge in [0.2, 0.25) is 11.9 Å². The molecule has 0 unspecified atom stereocenters. The monoisotopic (exact) mass is 519 g/mol. The molecule has 0 spiro atoms. The lowest BCUT2D eigenvalue weighted by atomic mass is 9.87. The van der Waals surface area contributed by atoms with E-state index in [9.17, 15) is 13.6 Å². The van der Waals surface area contributed by atoms with Gasteiger partial charge >= 0.3 is 0 Å². The minimum absolute atomic E-state index is 0.0257. The third-order valence-electron chi connectivity index (χ3n) is 7.45. The van der Waals surface area contributed by atoms with Gasteiger partial charge in [-0.1, -0.05) is 20.8 Å². The Morgan fingerprint density at radius 2 is 1.81 bits per heavy atom. The SMILES string of the molecule is CNc1nc(CO[Si](C)(C)C(C)(C)C)nc2c1C(C)(C)C(=O)N2c1cnc(N2CCC(F)(F)C2)nc1. The van der Waals surface area contributed by atoms with E-state index >= 15 is 0 Å². The van der Waals surface area contributed by atoms with E-state index in [4.69, 9.17) is 9.41 Å². The van der Waals surface area contributed by atoms with Gasteiger partial charge < -0.3 is 14.6 Å². The minimum Gasteiger partial charge on any atom is -0.409 e. The molecule has 9 nitrogen and oxygen atoms in total. The van der Waals surface area contributed by atoms with Crippen LogP contribution >= 0.6 is 0 Å². The summed E-state index contributed by atoms with van der Waals surface area (Å²) in [4.78, 5) is 34.5. The number of anilines is 4. The van der Waals surface area contributed by atoms with Gasteiger partial charge in [-0.25, -0.2) is 28.7 Å². The minimum atomic E-state index is -2.75. The Balaban J connectivity index is 1.69. The molecule has 0 atom stereocenters. The highest BCUT2D eigenvalue weighted by atomic mass is 28.4. The van der Waals surface area contributed by atoms with E-state index < -0.39 is 26.2 Å². The predicted molar refractivity (Wildman–Crippen MR) is 138 cm³/mol. The topological polar surface area (TPSA) is 96.4 Å². The number of rotatable bonds is 6. The Morgan fingerprint density at radius 3 is 2.33 bits per heavy atom. The highest BCUT2D eigenvalue weighted by Gasteiger charge is 2.49.